The summed E-state index contributed by atoms with van der Waals surface area (Å²) in [5.41, 5.74) is 0.472. The Labute approximate surface area is 245 Å². The van der Waals surface area contributed by atoms with Crippen molar-refractivity contribution in [2.75, 3.05) is 19.6 Å². The molecular weight excluding hydrogens is 600 g/mol. The number of hydrogen-bond acceptors (Lipinski definition) is 8. The van der Waals surface area contributed by atoms with Gasteiger partial charge in [0.25, 0.3) is 5.82 Å². The number of ether oxygens (including phenoxy) is 1. The standard InChI is InChI=1S/C27H25F6N7O4/c28-26(29,30)25-35-36-37-40(25)18-6-7-21(44-27(31,32)33)17(12-18)13-34-20-10-11-38(14-19(20)16-4-2-1-3-5-16)24(43)15-39-22(41)8-9-23(39)42/h1-7,12,19-20,34H,8-11,13-15H2/t19-,20-/m0/s1. The average Bonchev–Trinajstić information content (AvgIpc) is 3.60. The Balaban J connectivity index is 1.38. The molecule has 0 aliphatic carbocycles. The number of rotatable bonds is 8. The number of carbonyl (C=O) groups excluding carboxylic acids is 3. The third-order valence-corrected chi connectivity index (χ3v) is 7.43. The summed E-state index contributed by atoms with van der Waals surface area (Å²) in [5.74, 6) is -3.68. The predicted octanol–water partition coefficient (Wildman–Crippen LogP) is 3.20. The summed E-state index contributed by atoms with van der Waals surface area (Å²) >= 11 is 0. The number of aromatic nitrogens is 4. The van der Waals surface area contributed by atoms with Gasteiger partial charge in [0, 0.05) is 50.0 Å². The molecule has 44 heavy (non-hydrogen) atoms. The van der Waals surface area contributed by atoms with E-state index in [4.69, 9.17) is 0 Å². The van der Waals surface area contributed by atoms with Crippen LogP contribution in [0.5, 0.6) is 5.75 Å². The molecular formula is C27H25F6N7O4. The largest absolute Gasteiger partial charge is 0.573 e. The fraction of sp³-hybridized carbons (Fsp3) is 0.407. The lowest BCUT2D eigenvalue weighted by atomic mass is 9.85. The van der Waals surface area contributed by atoms with Crippen LogP contribution in [0.2, 0.25) is 0 Å². The molecule has 0 spiro atoms. The van der Waals surface area contributed by atoms with Crippen LogP contribution in [-0.2, 0) is 27.1 Å². The van der Waals surface area contributed by atoms with Crippen LogP contribution in [-0.4, -0.2) is 79.8 Å². The minimum atomic E-state index is -5.07. The highest BCUT2D eigenvalue weighted by molar-refractivity contribution is 6.04. The second-order valence-electron chi connectivity index (χ2n) is 10.3. The van der Waals surface area contributed by atoms with Crippen molar-refractivity contribution in [1.29, 1.82) is 0 Å². The van der Waals surface area contributed by atoms with Gasteiger partial charge in [-0.25, -0.2) is 0 Å². The fourth-order valence-corrected chi connectivity index (χ4v) is 5.33. The molecule has 2 fully saturated rings. The molecule has 0 saturated carbocycles. The normalized spacial score (nSPS) is 19.5. The van der Waals surface area contributed by atoms with Crippen LogP contribution < -0.4 is 10.1 Å². The molecule has 234 valence electrons. The Hall–Kier alpha value is -4.54. The molecule has 0 radical (unpaired) electrons. The lowest BCUT2D eigenvalue weighted by molar-refractivity contribution is -0.274. The van der Waals surface area contributed by atoms with E-state index in [1.54, 1.807) is 18.2 Å². The summed E-state index contributed by atoms with van der Waals surface area (Å²) in [4.78, 5) is 39.6. The first-order chi connectivity index (χ1) is 20.8. The van der Waals surface area contributed by atoms with Gasteiger partial charge < -0.3 is 15.0 Å². The summed E-state index contributed by atoms with van der Waals surface area (Å²) in [7, 11) is 0. The number of tetrazole rings is 1. The first-order valence-corrected chi connectivity index (χ1v) is 13.4. The summed E-state index contributed by atoms with van der Waals surface area (Å²) < 4.78 is 84.3. The van der Waals surface area contributed by atoms with Crippen molar-refractivity contribution in [2.24, 2.45) is 0 Å². The van der Waals surface area contributed by atoms with E-state index < -0.39 is 47.9 Å². The number of nitrogens with one attached hydrogen (secondary N) is 1. The molecule has 3 amide bonds. The molecule has 1 aromatic heterocycles. The van der Waals surface area contributed by atoms with Crippen molar-refractivity contribution < 1.29 is 45.5 Å². The van der Waals surface area contributed by atoms with E-state index in [0.717, 1.165) is 28.7 Å². The lowest BCUT2D eigenvalue weighted by Gasteiger charge is -2.40. The number of piperidine rings is 1. The first kappa shape index (κ1) is 30.9. The molecule has 2 aliphatic rings. The molecule has 3 heterocycles. The van der Waals surface area contributed by atoms with Crippen LogP contribution in [0.1, 0.15) is 42.1 Å². The SMILES string of the molecule is O=C(CN1C(=O)CCC1=O)N1CC[C@H](NCc2cc(-n3nnnc3C(F)(F)F)ccc2OC(F)(F)F)[C@H](c2ccccc2)C1. The highest BCUT2D eigenvalue weighted by Crippen LogP contribution is 2.33. The number of likely N-dealkylation sites (tertiary alicyclic amines) is 2. The van der Waals surface area contributed by atoms with Gasteiger partial charge in [-0.3, -0.25) is 19.3 Å². The van der Waals surface area contributed by atoms with Crippen molar-refractivity contribution in [3.05, 3.63) is 65.5 Å². The van der Waals surface area contributed by atoms with Gasteiger partial charge in [-0.1, -0.05) is 30.3 Å². The van der Waals surface area contributed by atoms with E-state index in [1.807, 2.05) is 12.1 Å². The molecule has 17 heteroatoms. The van der Waals surface area contributed by atoms with E-state index >= 15 is 0 Å². The van der Waals surface area contributed by atoms with Crippen LogP contribution in [0, 0.1) is 0 Å². The fourth-order valence-electron chi connectivity index (χ4n) is 5.33. The molecule has 2 aliphatic heterocycles. The van der Waals surface area contributed by atoms with Crippen LogP contribution in [0.25, 0.3) is 5.69 Å². The van der Waals surface area contributed by atoms with E-state index in [0.29, 0.717) is 11.1 Å². The Morgan fingerprint density at radius 3 is 2.36 bits per heavy atom. The third kappa shape index (κ3) is 6.98. The predicted molar refractivity (Wildman–Crippen MR) is 138 cm³/mol. The number of benzene rings is 2. The molecule has 11 nitrogen and oxygen atoms in total. The van der Waals surface area contributed by atoms with Gasteiger partial charge in [0.1, 0.15) is 12.3 Å². The second kappa shape index (κ2) is 12.2. The van der Waals surface area contributed by atoms with Gasteiger partial charge in [0.2, 0.25) is 17.7 Å². The van der Waals surface area contributed by atoms with E-state index in [2.05, 4.69) is 25.6 Å². The molecule has 0 bridgehead atoms. The number of halogens is 6. The van der Waals surface area contributed by atoms with Crippen molar-refractivity contribution in [3.63, 3.8) is 0 Å². The highest BCUT2D eigenvalue weighted by atomic mass is 19.4. The number of amides is 3. The maximum Gasteiger partial charge on any atom is 0.573 e. The number of alkyl halides is 6. The van der Waals surface area contributed by atoms with Gasteiger partial charge in [0.15, 0.2) is 0 Å². The molecule has 0 unspecified atom stereocenters. The van der Waals surface area contributed by atoms with Gasteiger partial charge in [-0.15, -0.1) is 18.3 Å². The first-order valence-electron chi connectivity index (χ1n) is 13.4. The Bertz CT molecular complexity index is 1510. The minimum Gasteiger partial charge on any atom is -0.405 e. The van der Waals surface area contributed by atoms with Crippen molar-refractivity contribution >= 4 is 17.7 Å². The van der Waals surface area contributed by atoms with Gasteiger partial charge in [-0.05, 0) is 40.6 Å². The highest BCUT2D eigenvalue weighted by Gasteiger charge is 2.39. The zero-order valence-electron chi connectivity index (χ0n) is 22.8. The Morgan fingerprint density at radius 2 is 1.70 bits per heavy atom. The average molecular weight is 626 g/mol. The molecule has 2 atom stereocenters. The summed E-state index contributed by atoms with van der Waals surface area (Å²) in [6.45, 7) is -0.218. The third-order valence-electron chi connectivity index (χ3n) is 7.43. The monoisotopic (exact) mass is 625 g/mol. The number of nitrogens with zero attached hydrogens (tertiary/aromatic N) is 6. The van der Waals surface area contributed by atoms with E-state index in [-0.39, 0.29) is 56.2 Å². The van der Waals surface area contributed by atoms with Crippen LogP contribution in [0.15, 0.2) is 48.5 Å². The van der Waals surface area contributed by atoms with Gasteiger partial charge in [-0.2, -0.15) is 17.9 Å². The van der Waals surface area contributed by atoms with Crippen LogP contribution in [0.3, 0.4) is 0 Å². The van der Waals surface area contributed by atoms with Crippen molar-refractivity contribution in [2.45, 2.75) is 50.3 Å². The Kier molecular flexibility index (Phi) is 8.58. The number of carbonyl (C=O) groups is 3. The zero-order valence-corrected chi connectivity index (χ0v) is 22.8. The molecule has 1 N–H and O–H groups in total. The summed E-state index contributed by atoms with van der Waals surface area (Å²) in [6.07, 6.45) is -9.55. The van der Waals surface area contributed by atoms with Gasteiger partial charge >= 0.3 is 12.5 Å². The van der Waals surface area contributed by atoms with Crippen molar-refractivity contribution in [3.8, 4) is 11.4 Å². The molecule has 2 saturated heterocycles. The maximum atomic E-state index is 13.4. The molecule has 5 rings (SSSR count). The summed E-state index contributed by atoms with van der Waals surface area (Å²) in [5, 5.41) is 12.6. The number of hydrogen-bond donors (Lipinski definition) is 1. The van der Waals surface area contributed by atoms with Crippen LogP contribution in [0.4, 0.5) is 26.3 Å². The number of imide groups is 1. The van der Waals surface area contributed by atoms with Crippen LogP contribution >= 0.6 is 0 Å². The lowest BCUT2D eigenvalue weighted by Crippen LogP contribution is -2.52. The topological polar surface area (TPSA) is 123 Å². The van der Waals surface area contributed by atoms with E-state index in [9.17, 15) is 40.7 Å². The Morgan fingerprint density at radius 1 is 1.00 bits per heavy atom. The maximum absolute atomic E-state index is 13.4. The molecule has 2 aromatic carbocycles. The zero-order chi connectivity index (χ0) is 31.6. The minimum absolute atomic E-state index is 0.0525. The van der Waals surface area contributed by atoms with Gasteiger partial charge in [0.05, 0.1) is 5.69 Å². The quantitative estimate of drug-likeness (QED) is 0.299. The van der Waals surface area contributed by atoms with E-state index in [1.165, 1.54) is 4.90 Å². The molecule has 3 aromatic rings. The van der Waals surface area contributed by atoms with Crippen molar-refractivity contribution in [1.82, 2.24) is 35.3 Å². The smallest absolute Gasteiger partial charge is 0.405 e. The second-order valence-corrected chi connectivity index (χ2v) is 10.3. The summed E-state index contributed by atoms with van der Waals surface area (Å²) in [6, 6.07) is 11.6.